The monoisotopic (exact) mass is 264 g/mol. The molecule has 0 aliphatic heterocycles. The average Bonchev–Trinajstić information content (AvgIpc) is 2.36. The third-order valence-corrected chi connectivity index (χ3v) is 2.76. The lowest BCUT2D eigenvalue weighted by Crippen LogP contribution is -2.35. The summed E-state index contributed by atoms with van der Waals surface area (Å²) in [6.45, 7) is 1.23. The number of nitrogens with zero attached hydrogens (tertiary/aromatic N) is 1. The molecule has 0 spiro atoms. The van der Waals surface area contributed by atoms with Gasteiger partial charge < -0.3 is 15.3 Å². The van der Waals surface area contributed by atoms with Crippen molar-refractivity contribution in [2.75, 3.05) is 27.2 Å². The zero-order valence-corrected chi connectivity index (χ0v) is 11.3. The summed E-state index contributed by atoms with van der Waals surface area (Å²) in [5.41, 5.74) is 0.729. The summed E-state index contributed by atoms with van der Waals surface area (Å²) in [6.07, 6.45) is -0.197. The van der Waals surface area contributed by atoms with Crippen molar-refractivity contribution in [1.29, 1.82) is 0 Å². The van der Waals surface area contributed by atoms with Gasteiger partial charge in [0.1, 0.15) is 0 Å². The van der Waals surface area contributed by atoms with Gasteiger partial charge in [0, 0.05) is 13.1 Å². The molecule has 5 heteroatoms. The van der Waals surface area contributed by atoms with E-state index in [0.717, 1.165) is 12.1 Å². The molecule has 1 rings (SSSR count). The summed E-state index contributed by atoms with van der Waals surface area (Å²) in [5.74, 6) is -1.85. The molecule has 1 amide bonds. The highest BCUT2D eigenvalue weighted by atomic mass is 16.4. The van der Waals surface area contributed by atoms with Crippen LogP contribution >= 0.6 is 0 Å². The molecule has 0 bridgehead atoms. The van der Waals surface area contributed by atoms with Gasteiger partial charge in [-0.1, -0.05) is 30.3 Å². The molecule has 0 aromatic heterocycles. The van der Waals surface area contributed by atoms with E-state index in [1.165, 1.54) is 0 Å². The van der Waals surface area contributed by atoms with Crippen LogP contribution in [0.1, 0.15) is 17.9 Å². The van der Waals surface area contributed by atoms with Crippen LogP contribution < -0.4 is 5.32 Å². The zero-order chi connectivity index (χ0) is 14.3. The van der Waals surface area contributed by atoms with Crippen molar-refractivity contribution in [3.05, 3.63) is 35.9 Å². The summed E-state index contributed by atoms with van der Waals surface area (Å²) < 4.78 is 0. The molecule has 1 unspecified atom stereocenters. The zero-order valence-electron chi connectivity index (χ0n) is 11.3. The first kappa shape index (κ1) is 15.2. The smallest absolute Gasteiger partial charge is 0.304 e. The van der Waals surface area contributed by atoms with Gasteiger partial charge in [-0.15, -0.1) is 0 Å². The molecular weight excluding hydrogens is 244 g/mol. The van der Waals surface area contributed by atoms with Crippen LogP contribution in [-0.4, -0.2) is 49.1 Å². The van der Waals surface area contributed by atoms with Gasteiger partial charge in [-0.05, 0) is 19.7 Å². The number of benzene rings is 1. The minimum absolute atomic E-state index is 0.197. The molecule has 0 aliphatic rings. The Morgan fingerprint density at radius 2 is 1.89 bits per heavy atom. The molecule has 1 aromatic rings. The maximum Gasteiger partial charge on any atom is 0.304 e. The number of aliphatic carboxylic acids is 1. The molecule has 0 heterocycles. The summed E-state index contributed by atoms with van der Waals surface area (Å²) in [5, 5.41) is 11.7. The standard InChI is InChI=1S/C14H20N2O3/c1-16(2)9-8-15-14(19)12(10-13(17)18)11-6-4-3-5-7-11/h3-7,12H,8-10H2,1-2H3,(H,15,19)(H,17,18). The molecule has 2 N–H and O–H groups in total. The van der Waals surface area contributed by atoms with E-state index in [1.54, 1.807) is 24.3 Å². The van der Waals surface area contributed by atoms with Crippen LogP contribution in [0.5, 0.6) is 0 Å². The Kier molecular flexibility index (Phi) is 6.02. The number of carbonyl (C=O) groups excluding carboxylic acids is 1. The van der Waals surface area contributed by atoms with E-state index in [1.807, 2.05) is 25.1 Å². The second-order valence-corrected chi connectivity index (χ2v) is 4.66. The second-order valence-electron chi connectivity index (χ2n) is 4.66. The number of carboxylic acids is 1. The highest BCUT2D eigenvalue weighted by Gasteiger charge is 2.23. The van der Waals surface area contributed by atoms with E-state index in [4.69, 9.17) is 5.11 Å². The summed E-state index contributed by atoms with van der Waals surface area (Å²) >= 11 is 0. The summed E-state index contributed by atoms with van der Waals surface area (Å²) in [4.78, 5) is 24.9. The Bertz CT molecular complexity index is 418. The highest BCUT2D eigenvalue weighted by Crippen LogP contribution is 2.19. The Labute approximate surface area is 113 Å². The molecule has 5 nitrogen and oxygen atoms in total. The third-order valence-electron chi connectivity index (χ3n) is 2.76. The van der Waals surface area contributed by atoms with Crippen LogP contribution in [-0.2, 0) is 9.59 Å². The van der Waals surface area contributed by atoms with Gasteiger partial charge in [0.2, 0.25) is 5.91 Å². The molecule has 19 heavy (non-hydrogen) atoms. The van der Waals surface area contributed by atoms with Gasteiger partial charge in [-0.3, -0.25) is 9.59 Å². The Balaban J connectivity index is 2.69. The normalized spacial score (nSPS) is 12.2. The second kappa shape index (κ2) is 7.53. The predicted molar refractivity (Wildman–Crippen MR) is 73.0 cm³/mol. The first-order valence-corrected chi connectivity index (χ1v) is 6.20. The third kappa shape index (κ3) is 5.52. The maximum atomic E-state index is 12.1. The number of nitrogens with one attached hydrogen (secondary N) is 1. The first-order valence-electron chi connectivity index (χ1n) is 6.20. The minimum atomic E-state index is -0.975. The molecule has 0 fully saturated rings. The molecule has 1 atom stereocenters. The molecule has 0 saturated carbocycles. The van der Waals surface area contributed by atoms with E-state index >= 15 is 0 Å². The minimum Gasteiger partial charge on any atom is -0.481 e. The van der Waals surface area contributed by atoms with Gasteiger partial charge in [-0.25, -0.2) is 0 Å². The number of hydrogen-bond acceptors (Lipinski definition) is 3. The van der Waals surface area contributed by atoms with E-state index in [9.17, 15) is 9.59 Å². The van der Waals surface area contributed by atoms with Crippen LogP contribution in [0, 0.1) is 0 Å². The van der Waals surface area contributed by atoms with E-state index < -0.39 is 11.9 Å². The van der Waals surface area contributed by atoms with Crippen molar-refractivity contribution in [3.63, 3.8) is 0 Å². The fourth-order valence-electron chi connectivity index (χ4n) is 1.75. The number of amides is 1. The lowest BCUT2D eigenvalue weighted by atomic mass is 9.95. The van der Waals surface area contributed by atoms with Crippen molar-refractivity contribution >= 4 is 11.9 Å². The van der Waals surface area contributed by atoms with Crippen LogP contribution in [0.2, 0.25) is 0 Å². The topological polar surface area (TPSA) is 69.6 Å². The van der Waals surface area contributed by atoms with Crippen LogP contribution in [0.3, 0.4) is 0 Å². The van der Waals surface area contributed by atoms with Crippen LogP contribution in [0.4, 0.5) is 0 Å². The largest absolute Gasteiger partial charge is 0.481 e. The number of hydrogen-bond donors (Lipinski definition) is 2. The number of carbonyl (C=O) groups is 2. The fourth-order valence-corrected chi connectivity index (χ4v) is 1.75. The SMILES string of the molecule is CN(C)CCNC(=O)C(CC(=O)O)c1ccccc1. The molecule has 1 aromatic carbocycles. The molecule has 0 aliphatic carbocycles. The van der Waals surface area contributed by atoms with Gasteiger partial charge in [0.15, 0.2) is 0 Å². The Morgan fingerprint density at radius 1 is 1.26 bits per heavy atom. The van der Waals surface area contributed by atoms with Crippen molar-refractivity contribution in [2.45, 2.75) is 12.3 Å². The average molecular weight is 264 g/mol. The van der Waals surface area contributed by atoms with Gasteiger partial charge in [0.05, 0.1) is 12.3 Å². The van der Waals surface area contributed by atoms with Crippen LogP contribution in [0.25, 0.3) is 0 Å². The number of likely N-dealkylation sites (N-methyl/N-ethyl adjacent to an activating group) is 1. The van der Waals surface area contributed by atoms with Crippen molar-refractivity contribution in [3.8, 4) is 0 Å². The van der Waals surface area contributed by atoms with Crippen LogP contribution in [0.15, 0.2) is 30.3 Å². The molecule has 0 radical (unpaired) electrons. The Morgan fingerprint density at radius 3 is 2.42 bits per heavy atom. The van der Waals surface area contributed by atoms with E-state index in [0.29, 0.717) is 6.54 Å². The fraction of sp³-hybridized carbons (Fsp3) is 0.429. The maximum absolute atomic E-state index is 12.1. The van der Waals surface area contributed by atoms with Gasteiger partial charge >= 0.3 is 5.97 Å². The highest BCUT2D eigenvalue weighted by molar-refractivity contribution is 5.87. The molecule has 0 saturated heterocycles. The van der Waals surface area contributed by atoms with E-state index in [-0.39, 0.29) is 12.3 Å². The lowest BCUT2D eigenvalue weighted by molar-refractivity contribution is -0.139. The molecular formula is C14H20N2O3. The Hall–Kier alpha value is -1.88. The van der Waals surface area contributed by atoms with Crippen molar-refractivity contribution in [2.24, 2.45) is 0 Å². The van der Waals surface area contributed by atoms with Gasteiger partial charge in [-0.2, -0.15) is 0 Å². The van der Waals surface area contributed by atoms with Crippen molar-refractivity contribution in [1.82, 2.24) is 10.2 Å². The first-order chi connectivity index (χ1) is 9.00. The predicted octanol–water partition coefficient (Wildman–Crippen LogP) is 0.923. The quantitative estimate of drug-likeness (QED) is 0.768. The number of rotatable bonds is 7. The summed E-state index contributed by atoms with van der Waals surface area (Å²) in [7, 11) is 3.83. The summed E-state index contributed by atoms with van der Waals surface area (Å²) in [6, 6.07) is 9.00. The van der Waals surface area contributed by atoms with E-state index in [2.05, 4.69) is 5.32 Å². The lowest BCUT2D eigenvalue weighted by Gasteiger charge is -2.16. The van der Waals surface area contributed by atoms with Crippen molar-refractivity contribution < 1.29 is 14.7 Å². The molecule has 104 valence electrons. The number of carboxylic acid groups (broad SMARTS) is 1. The van der Waals surface area contributed by atoms with Gasteiger partial charge in [0.25, 0.3) is 0 Å².